The van der Waals surface area contributed by atoms with Crippen LogP contribution in [0.15, 0.2) is 36.7 Å². The average molecular weight is 394 g/mol. The van der Waals surface area contributed by atoms with Crippen LogP contribution in [0.25, 0.3) is 5.57 Å². The lowest BCUT2D eigenvalue weighted by Gasteiger charge is -2.32. The topological polar surface area (TPSA) is 98.6 Å². The smallest absolute Gasteiger partial charge is 0.277 e. The minimum atomic E-state index is -0.606. The molecule has 7 nitrogen and oxygen atoms in total. The van der Waals surface area contributed by atoms with E-state index in [1.54, 1.807) is 11.5 Å². The van der Waals surface area contributed by atoms with E-state index in [0.717, 1.165) is 45.2 Å². The number of carbonyl (C=O) groups is 1. The minimum Gasteiger partial charge on any atom is -0.508 e. The Hall–Kier alpha value is -2.93. The number of carbonyl (C=O) groups excluding carboxylic acids is 1. The van der Waals surface area contributed by atoms with Crippen molar-refractivity contribution in [2.45, 2.75) is 38.5 Å². The van der Waals surface area contributed by atoms with Gasteiger partial charge in [-0.25, -0.2) is 15.4 Å². The van der Waals surface area contributed by atoms with Gasteiger partial charge in [-0.15, -0.1) is 0 Å². The highest BCUT2D eigenvalue weighted by Crippen LogP contribution is 2.34. The first-order chi connectivity index (χ1) is 14.1. The number of phenolic OH excluding ortho intramolecular Hbond substituents is 1. The van der Waals surface area contributed by atoms with Gasteiger partial charge < -0.3 is 10.0 Å². The fraction of sp³-hybridized carbons (Fsp3) is 0.409. The van der Waals surface area contributed by atoms with E-state index in [-0.39, 0.29) is 5.56 Å². The molecule has 1 fully saturated rings. The van der Waals surface area contributed by atoms with Gasteiger partial charge in [0.05, 0.1) is 5.56 Å². The molecule has 4 rings (SSSR count). The lowest BCUT2D eigenvalue weighted by atomic mass is 9.90. The summed E-state index contributed by atoms with van der Waals surface area (Å²) in [6, 6.07) is 5.68. The van der Waals surface area contributed by atoms with Gasteiger partial charge >= 0.3 is 0 Å². The van der Waals surface area contributed by atoms with Gasteiger partial charge in [-0.05, 0) is 73.3 Å². The molecule has 3 N–H and O–H groups in total. The monoisotopic (exact) mass is 394 g/mol. The van der Waals surface area contributed by atoms with Crippen LogP contribution in [0.3, 0.4) is 0 Å². The third-order valence-electron chi connectivity index (χ3n) is 5.97. The highest BCUT2D eigenvalue weighted by molar-refractivity contribution is 5.92. The summed E-state index contributed by atoms with van der Waals surface area (Å²) in [6.45, 7) is 1.82. The number of hydroxylamine groups is 1. The van der Waals surface area contributed by atoms with Crippen LogP contribution < -0.4 is 10.4 Å². The molecule has 1 saturated heterocycles. The molecule has 1 aromatic carbocycles. The first-order valence-electron chi connectivity index (χ1n) is 10.2. The molecule has 1 amide bonds. The molecular weight excluding hydrogens is 368 g/mol. The Bertz CT molecular complexity index is 903. The second kappa shape index (κ2) is 8.61. The summed E-state index contributed by atoms with van der Waals surface area (Å²) in [4.78, 5) is 22.0. The number of phenols is 1. The summed E-state index contributed by atoms with van der Waals surface area (Å²) in [6.07, 6.45) is 11.8. The fourth-order valence-electron chi connectivity index (χ4n) is 4.29. The highest BCUT2D eigenvalue weighted by Gasteiger charge is 2.22. The number of nitrogens with one attached hydrogen (secondary N) is 1. The van der Waals surface area contributed by atoms with Crippen LogP contribution in [0, 0.1) is 5.92 Å². The van der Waals surface area contributed by atoms with Gasteiger partial charge in [0.25, 0.3) is 5.91 Å². The first-order valence-corrected chi connectivity index (χ1v) is 10.2. The summed E-state index contributed by atoms with van der Waals surface area (Å²) >= 11 is 0. The van der Waals surface area contributed by atoms with Crippen LogP contribution in [0.4, 0.5) is 5.95 Å². The number of fused-ring (bicyclic) bond motifs is 1. The van der Waals surface area contributed by atoms with E-state index in [1.165, 1.54) is 35.5 Å². The number of hydrogen-bond acceptors (Lipinski definition) is 6. The van der Waals surface area contributed by atoms with Crippen molar-refractivity contribution >= 4 is 17.4 Å². The van der Waals surface area contributed by atoms with Crippen molar-refractivity contribution < 1.29 is 15.1 Å². The third-order valence-corrected chi connectivity index (χ3v) is 5.97. The minimum absolute atomic E-state index is 0.238. The maximum atomic E-state index is 11.4. The van der Waals surface area contributed by atoms with Crippen molar-refractivity contribution in [1.82, 2.24) is 15.4 Å². The maximum absolute atomic E-state index is 11.4. The molecule has 29 heavy (non-hydrogen) atoms. The Morgan fingerprint density at radius 3 is 2.69 bits per heavy atom. The lowest BCUT2D eigenvalue weighted by Crippen LogP contribution is -2.35. The number of aromatic nitrogens is 2. The molecule has 0 spiro atoms. The van der Waals surface area contributed by atoms with Gasteiger partial charge in [-0.3, -0.25) is 10.0 Å². The van der Waals surface area contributed by atoms with Crippen LogP contribution in [-0.2, 0) is 6.42 Å². The Balaban J connectivity index is 1.23. The number of rotatable bonds is 6. The number of aromatic hydroxyl groups is 1. The third kappa shape index (κ3) is 4.40. The number of hydrogen-bond donors (Lipinski definition) is 3. The quantitative estimate of drug-likeness (QED) is 0.513. The Morgan fingerprint density at radius 1 is 1.21 bits per heavy atom. The van der Waals surface area contributed by atoms with Crippen molar-refractivity contribution in [2.75, 3.05) is 18.0 Å². The molecule has 0 unspecified atom stereocenters. The Morgan fingerprint density at radius 2 is 1.97 bits per heavy atom. The van der Waals surface area contributed by atoms with E-state index < -0.39 is 5.91 Å². The Labute approximate surface area is 170 Å². The van der Waals surface area contributed by atoms with Crippen molar-refractivity contribution in [2.24, 2.45) is 5.92 Å². The molecule has 1 aliphatic carbocycles. The van der Waals surface area contributed by atoms with Gasteiger partial charge in [0, 0.05) is 25.5 Å². The molecule has 152 valence electrons. The van der Waals surface area contributed by atoms with Gasteiger partial charge in [0.2, 0.25) is 5.95 Å². The van der Waals surface area contributed by atoms with Crippen LogP contribution in [-0.4, -0.2) is 39.3 Å². The first kappa shape index (κ1) is 19.4. The average Bonchev–Trinajstić information content (AvgIpc) is 3.16. The molecule has 2 aromatic rings. The van der Waals surface area contributed by atoms with Crippen molar-refractivity contribution in [1.29, 1.82) is 0 Å². The SMILES string of the molecule is O=C(NO)c1cnc(N2CCC(CCCC3=CCc4ccc(O)cc43)CC2)nc1. The van der Waals surface area contributed by atoms with E-state index >= 15 is 0 Å². The van der Waals surface area contributed by atoms with E-state index in [4.69, 9.17) is 5.21 Å². The van der Waals surface area contributed by atoms with Crippen molar-refractivity contribution in [3.63, 3.8) is 0 Å². The number of piperidine rings is 1. The number of amides is 1. The zero-order chi connectivity index (χ0) is 20.2. The fourth-order valence-corrected chi connectivity index (χ4v) is 4.29. The summed E-state index contributed by atoms with van der Waals surface area (Å²) in [5, 5.41) is 18.4. The van der Waals surface area contributed by atoms with E-state index in [2.05, 4.69) is 20.9 Å². The molecular formula is C22H26N4O3. The molecule has 0 bridgehead atoms. The van der Waals surface area contributed by atoms with Gasteiger partial charge in [-0.2, -0.15) is 0 Å². The molecule has 1 aliphatic heterocycles. The normalized spacial score (nSPS) is 16.4. The number of nitrogens with zero attached hydrogens (tertiary/aromatic N) is 3. The van der Waals surface area contributed by atoms with Gasteiger partial charge in [0.15, 0.2) is 0 Å². The van der Waals surface area contributed by atoms with Gasteiger partial charge in [0.1, 0.15) is 5.75 Å². The molecule has 1 aromatic heterocycles. The second-order valence-corrected chi connectivity index (χ2v) is 7.81. The summed E-state index contributed by atoms with van der Waals surface area (Å²) < 4.78 is 0. The van der Waals surface area contributed by atoms with Crippen LogP contribution >= 0.6 is 0 Å². The second-order valence-electron chi connectivity index (χ2n) is 7.81. The molecule has 0 radical (unpaired) electrons. The molecule has 7 heteroatoms. The maximum Gasteiger partial charge on any atom is 0.277 e. The predicted octanol–water partition coefficient (Wildman–Crippen LogP) is 3.33. The molecule has 0 atom stereocenters. The standard InChI is InChI=1S/C22H26N4O3/c27-19-7-6-17-5-4-16(20(17)12-19)3-1-2-15-8-10-26(11-9-15)22-23-13-18(14-24-22)21(28)25-29/h4,6-7,12-15,27,29H,1-3,5,8-11H2,(H,25,28). The van der Waals surface area contributed by atoms with Crippen LogP contribution in [0.2, 0.25) is 0 Å². The molecule has 2 heterocycles. The van der Waals surface area contributed by atoms with Crippen molar-refractivity contribution in [3.8, 4) is 5.75 Å². The number of anilines is 1. The predicted molar refractivity (Wildman–Crippen MR) is 110 cm³/mol. The molecule has 2 aliphatic rings. The van der Waals surface area contributed by atoms with Crippen molar-refractivity contribution in [3.05, 3.63) is 53.4 Å². The molecule has 0 saturated carbocycles. The Kier molecular flexibility index (Phi) is 5.76. The zero-order valence-corrected chi connectivity index (χ0v) is 16.3. The van der Waals surface area contributed by atoms with Crippen LogP contribution in [0.1, 0.15) is 53.6 Å². The van der Waals surface area contributed by atoms with Crippen LogP contribution in [0.5, 0.6) is 5.75 Å². The lowest BCUT2D eigenvalue weighted by molar-refractivity contribution is 0.0705. The van der Waals surface area contributed by atoms with E-state index in [1.807, 2.05) is 12.1 Å². The summed E-state index contributed by atoms with van der Waals surface area (Å²) in [7, 11) is 0. The summed E-state index contributed by atoms with van der Waals surface area (Å²) in [5.41, 5.74) is 5.72. The van der Waals surface area contributed by atoms with E-state index in [9.17, 15) is 9.90 Å². The number of allylic oxidation sites excluding steroid dienone is 2. The number of benzene rings is 1. The zero-order valence-electron chi connectivity index (χ0n) is 16.3. The van der Waals surface area contributed by atoms with Gasteiger partial charge in [-0.1, -0.05) is 12.1 Å². The summed E-state index contributed by atoms with van der Waals surface area (Å²) in [5.74, 6) is 1.07. The highest BCUT2D eigenvalue weighted by atomic mass is 16.5. The van der Waals surface area contributed by atoms with E-state index in [0.29, 0.717) is 17.6 Å². The largest absolute Gasteiger partial charge is 0.508 e.